The van der Waals surface area contributed by atoms with Crippen LogP contribution in [0.5, 0.6) is 11.5 Å². The van der Waals surface area contributed by atoms with Gasteiger partial charge in [0.15, 0.2) is 11.5 Å². The van der Waals surface area contributed by atoms with Crippen LogP contribution in [0.3, 0.4) is 0 Å². The largest absolute Gasteiger partial charge is 0.454 e. The van der Waals surface area contributed by atoms with E-state index in [2.05, 4.69) is 11.0 Å². The molecule has 1 saturated heterocycles. The molecule has 0 unspecified atom stereocenters. The number of amides is 1. The second-order valence-electron chi connectivity index (χ2n) is 7.55. The summed E-state index contributed by atoms with van der Waals surface area (Å²) >= 11 is 6.11. The van der Waals surface area contributed by atoms with Crippen molar-refractivity contribution >= 4 is 28.4 Å². The van der Waals surface area contributed by atoms with Crippen molar-refractivity contribution in [3.63, 3.8) is 0 Å². The van der Waals surface area contributed by atoms with Crippen LogP contribution in [-0.4, -0.2) is 53.2 Å². The van der Waals surface area contributed by atoms with Gasteiger partial charge in [0.1, 0.15) is 5.69 Å². The lowest BCUT2D eigenvalue weighted by Crippen LogP contribution is -2.48. The molecule has 3 heterocycles. The van der Waals surface area contributed by atoms with Crippen LogP contribution >= 0.6 is 11.6 Å². The van der Waals surface area contributed by atoms with Gasteiger partial charge in [0.2, 0.25) is 6.79 Å². The minimum atomic E-state index is 0.0718. The Morgan fingerprint density at radius 1 is 1.00 bits per heavy atom. The maximum absolute atomic E-state index is 13.1. The van der Waals surface area contributed by atoms with Gasteiger partial charge in [-0.25, -0.2) is 0 Å². The summed E-state index contributed by atoms with van der Waals surface area (Å²) in [5, 5.41) is 1.71. The zero-order valence-corrected chi connectivity index (χ0v) is 17.0. The topological polar surface area (TPSA) is 46.9 Å². The molecule has 0 spiro atoms. The number of carbonyl (C=O) groups is 1. The molecule has 7 heteroatoms. The van der Waals surface area contributed by atoms with Crippen molar-refractivity contribution in [3.8, 4) is 11.5 Å². The van der Waals surface area contributed by atoms with E-state index in [0.717, 1.165) is 42.0 Å². The third-order valence-electron chi connectivity index (χ3n) is 5.73. The average Bonchev–Trinajstić information content (AvgIpc) is 3.32. The van der Waals surface area contributed by atoms with E-state index in [1.54, 1.807) is 0 Å². The Kier molecular flexibility index (Phi) is 4.60. The fourth-order valence-electron chi connectivity index (χ4n) is 4.08. The molecule has 1 fully saturated rings. The highest BCUT2D eigenvalue weighted by Gasteiger charge is 2.25. The van der Waals surface area contributed by atoms with Gasteiger partial charge in [-0.15, -0.1) is 0 Å². The SMILES string of the molecule is Cn1c(C(=O)N2CCN(Cc3ccc4c(c3)OCO4)CC2)cc2ccc(Cl)cc21. The fourth-order valence-corrected chi connectivity index (χ4v) is 4.24. The predicted octanol–water partition coefficient (Wildman–Crippen LogP) is 3.52. The number of nitrogens with zero attached hydrogens (tertiary/aromatic N) is 3. The van der Waals surface area contributed by atoms with Crippen molar-refractivity contribution in [2.24, 2.45) is 7.05 Å². The number of aromatic nitrogens is 1. The van der Waals surface area contributed by atoms with Gasteiger partial charge in [-0.3, -0.25) is 9.69 Å². The number of fused-ring (bicyclic) bond motifs is 2. The molecule has 0 saturated carbocycles. The van der Waals surface area contributed by atoms with E-state index in [1.807, 2.05) is 52.9 Å². The number of rotatable bonds is 3. The van der Waals surface area contributed by atoms with Gasteiger partial charge in [0.25, 0.3) is 5.91 Å². The summed E-state index contributed by atoms with van der Waals surface area (Å²) < 4.78 is 12.8. The molecule has 150 valence electrons. The normalized spacial score (nSPS) is 16.6. The summed E-state index contributed by atoms with van der Waals surface area (Å²) in [5.41, 5.74) is 2.87. The lowest BCUT2D eigenvalue weighted by molar-refractivity contribution is 0.0619. The predicted molar refractivity (Wildman–Crippen MR) is 112 cm³/mol. The van der Waals surface area contributed by atoms with Gasteiger partial charge in [0, 0.05) is 55.7 Å². The fraction of sp³-hybridized carbons (Fsp3) is 0.318. The van der Waals surface area contributed by atoms with E-state index < -0.39 is 0 Å². The van der Waals surface area contributed by atoms with Gasteiger partial charge in [0.05, 0.1) is 0 Å². The number of hydrogen-bond donors (Lipinski definition) is 0. The van der Waals surface area contributed by atoms with E-state index in [9.17, 15) is 4.79 Å². The molecule has 2 aromatic carbocycles. The minimum absolute atomic E-state index is 0.0718. The van der Waals surface area contributed by atoms with Crippen molar-refractivity contribution < 1.29 is 14.3 Å². The Balaban J connectivity index is 1.25. The highest BCUT2D eigenvalue weighted by molar-refractivity contribution is 6.31. The summed E-state index contributed by atoms with van der Waals surface area (Å²) in [6, 6.07) is 13.7. The lowest BCUT2D eigenvalue weighted by Gasteiger charge is -2.34. The number of benzene rings is 2. The van der Waals surface area contributed by atoms with Crippen LogP contribution in [0.4, 0.5) is 0 Å². The molecule has 0 bridgehead atoms. The number of ether oxygens (including phenoxy) is 2. The summed E-state index contributed by atoms with van der Waals surface area (Å²) in [7, 11) is 1.92. The van der Waals surface area contributed by atoms with Gasteiger partial charge in [-0.05, 0) is 35.9 Å². The first-order valence-electron chi connectivity index (χ1n) is 9.73. The first-order valence-corrected chi connectivity index (χ1v) is 10.1. The van der Waals surface area contributed by atoms with Crippen LogP contribution in [0.2, 0.25) is 5.02 Å². The molecular formula is C22H22ClN3O3. The molecule has 29 heavy (non-hydrogen) atoms. The molecular weight excluding hydrogens is 390 g/mol. The Bertz CT molecular complexity index is 1090. The van der Waals surface area contributed by atoms with Crippen molar-refractivity contribution in [1.29, 1.82) is 0 Å². The molecule has 0 N–H and O–H groups in total. The van der Waals surface area contributed by atoms with Crippen LogP contribution in [0.25, 0.3) is 10.9 Å². The van der Waals surface area contributed by atoms with E-state index in [4.69, 9.17) is 21.1 Å². The zero-order chi connectivity index (χ0) is 20.0. The second-order valence-corrected chi connectivity index (χ2v) is 7.98. The van der Waals surface area contributed by atoms with Gasteiger partial charge >= 0.3 is 0 Å². The number of hydrogen-bond acceptors (Lipinski definition) is 4. The third kappa shape index (κ3) is 3.43. The standard InChI is InChI=1S/C22H22ClN3O3/c1-24-18-12-17(23)4-3-16(18)11-19(24)22(27)26-8-6-25(7-9-26)13-15-2-5-20-21(10-15)29-14-28-20/h2-5,10-12H,6-9,13-14H2,1H3. The minimum Gasteiger partial charge on any atom is -0.454 e. The van der Waals surface area contributed by atoms with E-state index in [1.165, 1.54) is 5.56 Å². The lowest BCUT2D eigenvalue weighted by atomic mass is 10.1. The maximum Gasteiger partial charge on any atom is 0.270 e. The van der Waals surface area contributed by atoms with Crippen molar-refractivity contribution in [2.45, 2.75) is 6.54 Å². The van der Waals surface area contributed by atoms with Crippen molar-refractivity contribution in [1.82, 2.24) is 14.4 Å². The van der Waals surface area contributed by atoms with Crippen LogP contribution < -0.4 is 9.47 Å². The monoisotopic (exact) mass is 411 g/mol. The summed E-state index contributed by atoms with van der Waals surface area (Å²) in [6.07, 6.45) is 0. The molecule has 1 amide bonds. The van der Waals surface area contributed by atoms with E-state index in [-0.39, 0.29) is 5.91 Å². The first kappa shape index (κ1) is 18.3. The molecule has 2 aliphatic heterocycles. The number of halogens is 1. The Hall–Kier alpha value is -2.70. The molecule has 2 aliphatic rings. The Labute approximate surface area is 174 Å². The van der Waals surface area contributed by atoms with Gasteiger partial charge in [-0.2, -0.15) is 0 Å². The smallest absolute Gasteiger partial charge is 0.270 e. The quantitative estimate of drug-likeness (QED) is 0.661. The maximum atomic E-state index is 13.1. The molecule has 0 radical (unpaired) electrons. The molecule has 0 atom stereocenters. The highest BCUT2D eigenvalue weighted by Crippen LogP contribution is 2.33. The number of aryl methyl sites for hydroxylation is 1. The van der Waals surface area contributed by atoms with Crippen LogP contribution in [-0.2, 0) is 13.6 Å². The van der Waals surface area contributed by atoms with Gasteiger partial charge < -0.3 is 18.9 Å². The summed E-state index contributed by atoms with van der Waals surface area (Å²) in [6.45, 7) is 4.24. The first-order chi connectivity index (χ1) is 14.1. The van der Waals surface area contributed by atoms with Crippen LogP contribution in [0.1, 0.15) is 16.1 Å². The Morgan fingerprint density at radius 2 is 1.79 bits per heavy atom. The zero-order valence-electron chi connectivity index (χ0n) is 16.2. The summed E-state index contributed by atoms with van der Waals surface area (Å²) in [5.74, 6) is 1.69. The molecule has 6 nitrogen and oxygen atoms in total. The molecule has 3 aromatic rings. The highest BCUT2D eigenvalue weighted by atomic mass is 35.5. The van der Waals surface area contributed by atoms with Gasteiger partial charge in [-0.1, -0.05) is 23.7 Å². The van der Waals surface area contributed by atoms with Crippen molar-refractivity contribution in [2.75, 3.05) is 33.0 Å². The molecule has 0 aliphatic carbocycles. The van der Waals surface area contributed by atoms with E-state index >= 15 is 0 Å². The number of carbonyl (C=O) groups excluding carboxylic acids is 1. The third-order valence-corrected chi connectivity index (χ3v) is 5.96. The number of piperazine rings is 1. The molecule has 5 rings (SSSR count). The van der Waals surface area contributed by atoms with Crippen LogP contribution in [0, 0.1) is 0 Å². The van der Waals surface area contributed by atoms with E-state index in [0.29, 0.717) is 30.6 Å². The molecule has 1 aromatic heterocycles. The summed E-state index contributed by atoms with van der Waals surface area (Å²) in [4.78, 5) is 17.4. The van der Waals surface area contributed by atoms with Crippen molar-refractivity contribution in [3.05, 3.63) is 58.7 Å². The van der Waals surface area contributed by atoms with Crippen LogP contribution in [0.15, 0.2) is 42.5 Å². The second kappa shape index (κ2) is 7.28. The average molecular weight is 412 g/mol. The Morgan fingerprint density at radius 3 is 2.62 bits per heavy atom.